The fourth-order valence-corrected chi connectivity index (χ4v) is 4.03. The van der Waals surface area contributed by atoms with Crippen LogP contribution >= 0.6 is 0 Å². The first-order valence-electron chi connectivity index (χ1n) is 9.29. The zero-order valence-electron chi connectivity index (χ0n) is 15.1. The molecule has 25 heavy (non-hydrogen) atoms. The van der Waals surface area contributed by atoms with E-state index in [4.69, 9.17) is 0 Å². The molecule has 5 nitrogen and oxygen atoms in total. The van der Waals surface area contributed by atoms with Crippen molar-refractivity contribution in [3.63, 3.8) is 0 Å². The molecule has 2 amide bonds. The van der Waals surface area contributed by atoms with Crippen LogP contribution in [-0.2, 0) is 16.1 Å². The molecule has 0 spiro atoms. The summed E-state index contributed by atoms with van der Waals surface area (Å²) in [7, 11) is 0. The largest absolute Gasteiger partial charge is 0.393 e. The lowest BCUT2D eigenvalue weighted by molar-refractivity contribution is -0.142. The van der Waals surface area contributed by atoms with Crippen LogP contribution in [0.1, 0.15) is 50.2 Å². The summed E-state index contributed by atoms with van der Waals surface area (Å²) in [5.41, 5.74) is 2.24. The van der Waals surface area contributed by atoms with Crippen molar-refractivity contribution in [2.75, 3.05) is 6.54 Å². The van der Waals surface area contributed by atoms with Crippen LogP contribution in [0, 0.1) is 6.92 Å². The monoisotopic (exact) mass is 344 g/mol. The third kappa shape index (κ3) is 4.03. The van der Waals surface area contributed by atoms with Gasteiger partial charge in [0, 0.05) is 25.6 Å². The lowest BCUT2D eigenvalue weighted by Crippen LogP contribution is -2.48. The summed E-state index contributed by atoms with van der Waals surface area (Å²) in [6.07, 6.45) is 3.16. The summed E-state index contributed by atoms with van der Waals surface area (Å²) in [6, 6.07) is 7.86. The Bertz CT molecular complexity index is 626. The molecule has 0 aliphatic carbocycles. The SMILES string of the molecule is Cc1ccc(CN2C(=O)CCC2C(=O)N2CCCC2CC(C)O)cc1. The Kier molecular flexibility index (Phi) is 5.42. The van der Waals surface area contributed by atoms with Crippen LogP contribution < -0.4 is 0 Å². The highest BCUT2D eigenvalue weighted by Gasteiger charge is 2.41. The van der Waals surface area contributed by atoms with Crippen molar-refractivity contribution in [1.29, 1.82) is 0 Å². The van der Waals surface area contributed by atoms with Crippen LogP contribution in [0.2, 0.25) is 0 Å². The van der Waals surface area contributed by atoms with Gasteiger partial charge in [-0.05, 0) is 45.1 Å². The van der Waals surface area contributed by atoms with E-state index in [0.29, 0.717) is 25.8 Å². The second kappa shape index (κ2) is 7.56. The molecular formula is C20H28N2O3. The van der Waals surface area contributed by atoms with Gasteiger partial charge in [-0.2, -0.15) is 0 Å². The maximum absolute atomic E-state index is 13.1. The average Bonchev–Trinajstić information content (AvgIpc) is 3.16. The van der Waals surface area contributed by atoms with Crippen LogP contribution in [0.3, 0.4) is 0 Å². The number of aryl methyl sites for hydroxylation is 1. The van der Waals surface area contributed by atoms with Gasteiger partial charge in [0.05, 0.1) is 6.10 Å². The number of likely N-dealkylation sites (tertiary alicyclic amines) is 2. The Balaban J connectivity index is 1.72. The number of carbonyl (C=O) groups excluding carboxylic acids is 2. The van der Waals surface area contributed by atoms with E-state index < -0.39 is 6.10 Å². The smallest absolute Gasteiger partial charge is 0.245 e. The van der Waals surface area contributed by atoms with E-state index in [0.717, 1.165) is 24.9 Å². The highest BCUT2D eigenvalue weighted by atomic mass is 16.3. The van der Waals surface area contributed by atoms with Gasteiger partial charge in [-0.1, -0.05) is 29.8 Å². The van der Waals surface area contributed by atoms with Crippen molar-refractivity contribution >= 4 is 11.8 Å². The summed E-state index contributed by atoms with van der Waals surface area (Å²) < 4.78 is 0. The molecule has 2 heterocycles. The quantitative estimate of drug-likeness (QED) is 0.891. The number of amides is 2. The lowest BCUT2D eigenvalue weighted by Gasteiger charge is -2.32. The molecule has 2 saturated heterocycles. The molecule has 0 aromatic heterocycles. The van der Waals surface area contributed by atoms with Gasteiger partial charge in [-0.15, -0.1) is 0 Å². The van der Waals surface area contributed by atoms with Gasteiger partial charge in [0.25, 0.3) is 0 Å². The molecule has 3 rings (SSSR count). The zero-order valence-corrected chi connectivity index (χ0v) is 15.1. The van der Waals surface area contributed by atoms with E-state index in [1.807, 2.05) is 36.1 Å². The Morgan fingerprint density at radius 1 is 1.28 bits per heavy atom. The van der Waals surface area contributed by atoms with Crippen LogP contribution in [0.5, 0.6) is 0 Å². The molecular weight excluding hydrogens is 316 g/mol. The van der Waals surface area contributed by atoms with Gasteiger partial charge in [0.1, 0.15) is 6.04 Å². The number of benzene rings is 1. The predicted molar refractivity (Wildman–Crippen MR) is 95.8 cm³/mol. The third-order valence-corrected chi connectivity index (χ3v) is 5.36. The summed E-state index contributed by atoms with van der Waals surface area (Å²) >= 11 is 0. The van der Waals surface area contributed by atoms with Crippen molar-refractivity contribution < 1.29 is 14.7 Å². The Labute approximate surface area is 149 Å². The maximum Gasteiger partial charge on any atom is 0.245 e. The van der Waals surface area contributed by atoms with E-state index in [2.05, 4.69) is 0 Å². The molecule has 2 aliphatic rings. The van der Waals surface area contributed by atoms with E-state index in [-0.39, 0.29) is 23.9 Å². The molecule has 1 N–H and O–H groups in total. The molecule has 2 aliphatic heterocycles. The summed E-state index contributed by atoms with van der Waals surface area (Å²) in [6.45, 7) is 5.03. The van der Waals surface area contributed by atoms with E-state index in [1.165, 1.54) is 5.56 Å². The van der Waals surface area contributed by atoms with Gasteiger partial charge in [0.15, 0.2) is 0 Å². The minimum absolute atomic E-state index is 0.0566. The van der Waals surface area contributed by atoms with Gasteiger partial charge in [-0.25, -0.2) is 0 Å². The van der Waals surface area contributed by atoms with Gasteiger partial charge in [-0.3, -0.25) is 9.59 Å². The fourth-order valence-electron chi connectivity index (χ4n) is 4.03. The zero-order chi connectivity index (χ0) is 18.0. The van der Waals surface area contributed by atoms with Crippen molar-refractivity contribution in [2.45, 2.75) is 70.7 Å². The summed E-state index contributed by atoms with van der Waals surface area (Å²) in [5, 5.41) is 9.69. The van der Waals surface area contributed by atoms with Gasteiger partial charge < -0.3 is 14.9 Å². The van der Waals surface area contributed by atoms with E-state index in [9.17, 15) is 14.7 Å². The van der Waals surface area contributed by atoms with Crippen molar-refractivity contribution in [1.82, 2.24) is 9.80 Å². The lowest BCUT2D eigenvalue weighted by atomic mass is 10.1. The molecule has 0 bridgehead atoms. The predicted octanol–water partition coefficient (Wildman–Crippen LogP) is 2.25. The second-order valence-corrected chi connectivity index (χ2v) is 7.47. The van der Waals surface area contributed by atoms with Crippen LogP contribution in [0.4, 0.5) is 0 Å². The van der Waals surface area contributed by atoms with Crippen molar-refractivity contribution in [2.24, 2.45) is 0 Å². The first-order valence-corrected chi connectivity index (χ1v) is 9.29. The highest BCUT2D eigenvalue weighted by molar-refractivity contribution is 5.91. The summed E-state index contributed by atoms with van der Waals surface area (Å²) in [4.78, 5) is 29.1. The minimum atomic E-state index is -0.410. The Morgan fingerprint density at radius 2 is 2.00 bits per heavy atom. The van der Waals surface area contributed by atoms with Crippen LogP contribution in [-0.4, -0.2) is 51.5 Å². The number of hydrogen-bond donors (Lipinski definition) is 1. The number of carbonyl (C=O) groups is 2. The van der Waals surface area contributed by atoms with Gasteiger partial charge >= 0.3 is 0 Å². The van der Waals surface area contributed by atoms with Crippen LogP contribution in [0.15, 0.2) is 24.3 Å². The molecule has 2 fully saturated rings. The molecule has 0 radical (unpaired) electrons. The van der Waals surface area contributed by atoms with E-state index in [1.54, 1.807) is 11.8 Å². The highest BCUT2D eigenvalue weighted by Crippen LogP contribution is 2.28. The summed E-state index contributed by atoms with van der Waals surface area (Å²) in [5.74, 6) is 0.117. The minimum Gasteiger partial charge on any atom is -0.393 e. The maximum atomic E-state index is 13.1. The normalized spacial score (nSPS) is 24.8. The van der Waals surface area contributed by atoms with Crippen molar-refractivity contribution in [3.05, 3.63) is 35.4 Å². The first kappa shape index (κ1) is 17.9. The topological polar surface area (TPSA) is 60.9 Å². The number of rotatable bonds is 5. The molecule has 1 aromatic rings. The van der Waals surface area contributed by atoms with E-state index >= 15 is 0 Å². The van der Waals surface area contributed by atoms with Crippen molar-refractivity contribution in [3.8, 4) is 0 Å². The molecule has 1 aromatic carbocycles. The molecule has 0 saturated carbocycles. The second-order valence-electron chi connectivity index (χ2n) is 7.47. The number of nitrogens with zero attached hydrogens (tertiary/aromatic N) is 2. The van der Waals surface area contributed by atoms with Crippen LogP contribution in [0.25, 0.3) is 0 Å². The Hall–Kier alpha value is -1.88. The number of aliphatic hydroxyl groups is 1. The third-order valence-electron chi connectivity index (χ3n) is 5.36. The molecule has 5 heteroatoms. The molecule has 136 valence electrons. The molecule has 3 atom stereocenters. The first-order chi connectivity index (χ1) is 12.0. The van der Waals surface area contributed by atoms with Gasteiger partial charge in [0.2, 0.25) is 11.8 Å². The Morgan fingerprint density at radius 3 is 2.68 bits per heavy atom. The molecule has 3 unspecified atom stereocenters. The standard InChI is InChI=1S/C20H28N2O3/c1-14-5-7-16(8-6-14)13-22-18(9-10-19(22)24)20(25)21-11-3-4-17(21)12-15(2)23/h5-8,15,17-18,23H,3-4,9-13H2,1-2H3. The fraction of sp³-hybridized carbons (Fsp3) is 0.600. The average molecular weight is 344 g/mol. The number of hydrogen-bond acceptors (Lipinski definition) is 3. The number of aliphatic hydroxyl groups excluding tert-OH is 1.